The molecule has 0 aromatic carbocycles. The normalized spacial score (nSPS) is 24.8. The molecule has 8 nitrogen and oxygen atoms in total. The summed E-state index contributed by atoms with van der Waals surface area (Å²) in [6.07, 6.45) is 9.80. The molecule has 1 aliphatic carbocycles. The van der Waals surface area contributed by atoms with Crippen LogP contribution < -0.4 is 10.6 Å². The minimum Gasteiger partial charge on any atom is -0.356 e. The van der Waals surface area contributed by atoms with Gasteiger partial charge in [0.1, 0.15) is 0 Å². The lowest BCUT2D eigenvalue weighted by atomic mass is 9.88. The maximum Gasteiger partial charge on any atom is 0.239 e. The predicted octanol–water partition coefficient (Wildman–Crippen LogP) is 1.89. The van der Waals surface area contributed by atoms with Crippen LogP contribution in [0.5, 0.6) is 0 Å². The molecule has 1 saturated carbocycles. The number of carbonyl (C=O) groups is 2. The fourth-order valence-corrected chi connectivity index (χ4v) is 5.23. The van der Waals surface area contributed by atoms with Gasteiger partial charge in [-0.3, -0.25) is 19.5 Å². The molecule has 2 aliphatic heterocycles. The molecule has 2 heterocycles. The van der Waals surface area contributed by atoms with Crippen molar-refractivity contribution in [1.82, 2.24) is 25.3 Å². The van der Waals surface area contributed by atoms with Gasteiger partial charge in [-0.1, -0.05) is 19.3 Å². The molecule has 3 fully saturated rings. The van der Waals surface area contributed by atoms with Crippen molar-refractivity contribution in [3.05, 3.63) is 0 Å². The molecule has 3 rings (SSSR count). The van der Waals surface area contributed by atoms with Crippen molar-refractivity contribution in [2.45, 2.75) is 69.9 Å². The number of nitrogens with zero attached hydrogens (tertiary/aromatic N) is 4. The molecule has 2 saturated heterocycles. The number of carbonyl (C=O) groups excluding carboxylic acids is 2. The van der Waals surface area contributed by atoms with Crippen molar-refractivity contribution < 1.29 is 9.59 Å². The van der Waals surface area contributed by atoms with Crippen LogP contribution in [0.15, 0.2) is 4.99 Å². The Balaban J connectivity index is 0.00000363. The van der Waals surface area contributed by atoms with Gasteiger partial charge in [0.05, 0.1) is 6.04 Å². The minimum atomic E-state index is 0. The number of rotatable bonds is 7. The summed E-state index contributed by atoms with van der Waals surface area (Å²) in [5, 5.41) is 6.90. The minimum absolute atomic E-state index is 0. The Labute approximate surface area is 210 Å². The molecule has 2 amide bonds. The summed E-state index contributed by atoms with van der Waals surface area (Å²) in [5.74, 6) is 1.63. The molecular formula is C23H43IN6O2. The monoisotopic (exact) mass is 562 g/mol. The second-order valence-electron chi connectivity index (χ2n) is 9.53. The average Bonchev–Trinajstić information content (AvgIpc) is 3.45. The fraction of sp³-hybridized carbons (Fsp3) is 0.870. The van der Waals surface area contributed by atoms with Crippen LogP contribution in [-0.2, 0) is 9.59 Å². The predicted molar refractivity (Wildman–Crippen MR) is 139 cm³/mol. The highest BCUT2D eigenvalue weighted by Gasteiger charge is 2.32. The van der Waals surface area contributed by atoms with Gasteiger partial charge in [0.15, 0.2) is 5.96 Å². The number of aliphatic imine (C=N–C) groups is 1. The average molecular weight is 563 g/mol. The molecule has 9 heteroatoms. The van der Waals surface area contributed by atoms with Crippen molar-refractivity contribution in [1.29, 1.82) is 0 Å². The molecule has 0 radical (unpaired) electrons. The van der Waals surface area contributed by atoms with E-state index in [4.69, 9.17) is 0 Å². The Morgan fingerprint density at radius 2 is 1.78 bits per heavy atom. The summed E-state index contributed by atoms with van der Waals surface area (Å²) in [5.41, 5.74) is 0. The number of likely N-dealkylation sites (tertiary alicyclic amines) is 2. The van der Waals surface area contributed by atoms with E-state index in [0.29, 0.717) is 5.91 Å². The van der Waals surface area contributed by atoms with Crippen LogP contribution in [0.25, 0.3) is 0 Å². The standard InChI is InChI=1S/C23H42N6O2.HI/c1-24-23(25-13-8-15-28-14-7-11-20(28)22(31)27(2)3)26-19-12-16-29(17-19)21(30)18-9-5-4-6-10-18;/h18-20H,4-17H2,1-3H3,(H2,24,25,26);1H. The number of amides is 2. The number of hydrogen-bond acceptors (Lipinski definition) is 4. The third kappa shape index (κ3) is 7.46. The van der Waals surface area contributed by atoms with Crippen LogP contribution in [0.3, 0.4) is 0 Å². The van der Waals surface area contributed by atoms with E-state index < -0.39 is 0 Å². The van der Waals surface area contributed by atoms with Gasteiger partial charge in [-0.25, -0.2) is 0 Å². The van der Waals surface area contributed by atoms with Crippen molar-refractivity contribution in [3.8, 4) is 0 Å². The first kappa shape index (κ1) is 27.1. The zero-order valence-electron chi connectivity index (χ0n) is 20.1. The van der Waals surface area contributed by atoms with Gasteiger partial charge in [-0.2, -0.15) is 0 Å². The highest BCUT2D eigenvalue weighted by molar-refractivity contribution is 14.0. The second-order valence-corrected chi connectivity index (χ2v) is 9.53. The van der Waals surface area contributed by atoms with E-state index in [-0.39, 0.29) is 47.9 Å². The van der Waals surface area contributed by atoms with Gasteiger partial charge < -0.3 is 20.4 Å². The quantitative estimate of drug-likeness (QED) is 0.215. The van der Waals surface area contributed by atoms with Gasteiger partial charge >= 0.3 is 0 Å². The molecular weight excluding hydrogens is 519 g/mol. The van der Waals surface area contributed by atoms with Gasteiger partial charge in [-0.05, 0) is 45.1 Å². The van der Waals surface area contributed by atoms with Gasteiger partial charge in [-0.15, -0.1) is 24.0 Å². The number of guanidine groups is 1. The lowest BCUT2D eigenvalue weighted by molar-refractivity contribution is -0.135. The van der Waals surface area contributed by atoms with Gasteiger partial charge in [0.2, 0.25) is 11.8 Å². The first-order chi connectivity index (χ1) is 15.0. The van der Waals surface area contributed by atoms with Crippen molar-refractivity contribution in [2.24, 2.45) is 10.9 Å². The largest absolute Gasteiger partial charge is 0.356 e. The van der Waals surface area contributed by atoms with Crippen molar-refractivity contribution >= 4 is 41.8 Å². The van der Waals surface area contributed by atoms with E-state index in [2.05, 4.69) is 25.4 Å². The summed E-state index contributed by atoms with van der Waals surface area (Å²) >= 11 is 0. The molecule has 32 heavy (non-hydrogen) atoms. The zero-order valence-corrected chi connectivity index (χ0v) is 22.5. The number of nitrogens with one attached hydrogen (secondary N) is 2. The number of halogens is 1. The summed E-state index contributed by atoms with van der Waals surface area (Å²) < 4.78 is 0. The van der Waals surface area contributed by atoms with Crippen molar-refractivity contribution in [2.75, 3.05) is 53.9 Å². The first-order valence-corrected chi connectivity index (χ1v) is 12.2. The molecule has 0 aromatic rings. The Morgan fingerprint density at radius 3 is 2.47 bits per heavy atom. The third-order valence-electron chi connectivity index (χ3n) is 7.02. The Morgan fingerprint density at radius 1 is 1.03 bits per heavy atom. The highest BCUT2D eigenvalue weighted by Crippen LogP contribution is 2.26. The topological polar surface area (TPSA) is 80.3 Å². The zero-order chi connectivity index (χ0) is 22.2. The van der Waals surface area contributed by atoms with Crippen LogP contribution in [-0.4, -0.2) is 98.4 Å². The Bertz CT molecular complexity index is 638. The summed E-state index contributed by atoms with van der Waals surface area (Å²) in [6, 6.07) is 0.304. The van der Waals surface area contributed by atoms with E-state index in [1.54, 1.807) is 11.9 Å². The summed E-state index contributed by atoms with van der Waals surface area (Å²) in [7, 11) is 5.47. The fourth-order valence-electron chi connectivity index (χ4n) is 5.23. The summed E-state index contributed by atoms with van der Waals surface area (Å²) in [6.45, 7) is 4.36. The number of hydrogen-bond donors (Lipinski definition) is 2. The van der Waals surface area contributed by atoms with E-state index in [1.165, 1.54) is 19.3 Å². The molecule has 3 aliphatic rings. The van der Waals surface area contributed by atoms with Crippen molar-refractivity contribution in [3.63, 3.8) is 0 Å². The molecule has 2 N–H and O–H groups in total. The molecule has 0 aromatic heterocycles. The van der Waals surface area contributed by atoms with Crippen LogP contribution in [0.2, 0.25) is 0 Å². The Kier molecular flexibility index (Phi) is 11.5. The van der Waals surface area contributed by atoms with Crippen LogP contribution in [0.4, 0.5) is 0 Å². The van der Waals surface area contributed by atoms with Crippen LogP contribution in [0, 0.1) is 5.92 Å². The highest BCUT2D eigenvalue weighted by atomic mass is 127. The SMILES string of the molecule is CN=C(NCCCN1CCCC1C(=O)N(C)C)NC1CCN(C(=O)C2CCCCC2)C1.I. The lowest BCUT2D eigenvalue weighted by Gasteiger charge is -2.26. The second kappa shape index (κ2) is 13.6. The first-order valence-electron chi connectivity index (χ1n) is 12.2. The van der Waals surface area contributed by atoms with E-state index in [0.717, 1.165) is 77.2 Å². The summed E-state index contributed by atoms with van der Waals surface area (Å²) in [4.78, 5) is 35.5. The van der Waals surface area contributed by atoms with E-state index in [9.17, 15) is 9.59 Å². The van der Waals surface area contributed by atoms with E-state index in [1.807, 2.05) is 14.1 Å². The van der Waals surface area contributed by atoms with Gasteiger partial charge in [0, 0.05) is 59.3 Å². The smallest absolute Gasteiger partial charge is 0.239 e. The molecule has 0 bridgehead atoms. The van der Waals surface area contributed by atoms with Crippen LogP contribution in [0.1, 0.15) is 57.8 Å². The molecule has 2 unspecified atom stereocenters. The molecule has 184 valence electrons. The van der Waals surface area contributed by atoms with E-state index >= 15 is 0 Å². The maximum atomic E-state index is 12.8. The molecule has 2 atom stereocenters. The molecule has 0 spiro atoms. The number of likely N-dealkylation sites (N-methyl/N-ethyl adjacent to an activating group) is 1. The van der Waals surface area contributed by atoms with Gasteiger partial charge in [0.25, 0.3) is 0 Å². The maximum absolute atomic E-state index is 12.8. The third-order valence-corrected chi connectivity index (χ3v) is 7.02. The Hall–Kier alpha value is -1.10. The lowest BCUT2D eigenvalue weighted by Crippen LogP contribution is -2.46. The van der Waals surface area contributed by atoms with Crippen LogP contribution >= 0.6 is 24.0 Å².